The minimum absolute atomic E-state index is 0.167. The number of anilines is 1. The Labute approximate surface area is 128 Å². The first kappa shape index (κ1) is 17.4. The van der Waals surface area contributed by atoms with E-state index >= 15 is 0 Å². The molecule has 0 unspecified atom stereocenters. The summed E-state index contributed by atoms with van der Waals surface area (Å²) in [5, 5.41) is 9.19. The topological polar surface area (TPSA) is 66.8 Å². The van der Waals surface area contributed by atoms with Gasteiger partial charge < -0.3 is 9.84 Å². The second kappa shape index (κ2) is 5.97. The van der Waals surface area contributed by atoms with Gasteiger partial charge in [-0.15, -0.1) is 0 Å². The van der Waals surface area contributed by atoms with Gasteiger partial charge in [0, 0.05) is 11.4 Å². The maximum absolute atomic E-state index is 14.0. The summed E-state index contributed by atoms with van der Waals surface area (Å²) in [6.45, 7) is 5.69. The van der Waals surface area contributed by atoms with Crippen molar-refractivity contribution >= 4 is 33.6 Å². The van der Waals surface area contributed by atoms with Crippen molar-refractivity contribution in [2.45, 2.75) is 33.3 Å². The molecule has 0 spiro atoms. The summed E-state index contributed by atoms with van der Waals surface area (Å²) in [7, 11) is 0. The van der Waals surface area contributed by atoms with E-state index in [1.165, 1.54) is 0 Å². The van der Waals surface area contributed by atoms with Crippen molar-refractivity contribution < 1.29 is 28.2 Å². The summed E-state index contributed by atoms with van der Waals surface area (Å²) in [6.07, 6.45) is -1.15. The van der Waals surface area contributed by atoms with Crippen molar-refractivity contribution in [2.24, 2.45) is 0 Å². The van der Waals surface area contributed by atoms with Crippen LogP contribution in [0.15, 0.2) is 10.5 Å². The smallest absolute Gasteiger partial charge is 0.421 e. The molecule has 8 heteroatoms. The van der Waals surface area contributed by atoms with Gasteiger partial charge in [-0.3, -0.25) is 4.79 Å². The van der Waals surface area contributed by atoms with Crippen molar-refractivity contribution in [1.29, 1.82) is 0 Å². The zero-order valence-electron chi connectivity index (χ0n) is 11.8. The predicted octanol–water partition coefficient (Wildman–Crippen LogP) is 3.72. The van der Waals surface area contributed by atoms with Gasteiger partial charge in [-0.25, -0.2) is 14.1 Å². The molecular weight excluding hydrogens is 352 g/mol. The van der Waals surface area contributed by atoms with Crippen LogP contribution < -0.4 is 4.90 Å². The monoisotopic (exact) mass is 365 g/mol. The Morgan fingerprint density at radius 2 is 1.81 bits per heavy atom. The van der Waals surface area contributed by atoms with Gasteiger partial charge in [0.2, 0.25) is 11.7 Å². The van der Waals surface area contributed by atoms with Crippen LogP contribution in [0.3, 0.4) is 0 Å². The highest BCUT2D eigenvalue weighted by Gasteiger charge is 2.32. The summed E-state index contributed by atoms with van der Waals surface area (Å²) < 4.78 is 32.2. The summed E-state index contributed by atoms with van der Waals surface area (Å²) in [5.74, 6) is -4.92. The average Bonchev–Trinajstić information content (AvgIpc) is 2.28. The highest BCUT2D eigenvalue weighted by molar-refractivity contribution is 9.10. The minimum Gasteiger partial charge on any atom is -0.505 e. The molecular formula is C13H14BrF2NO4. The fraction of sp³-hybridized carbons (Fsp3) is 0.385. The number of phenolic OH excluding ortho intramolecular Hbond substituents is 1. The van der Waals surface area contributed by atoms with Crippen molar-refractivity contribution in [2.75, 3.05) is 4.90 Å². The quantitative estimate of drug-likeness (QED) is 0.770. The van der Waals surface area contributed by atoms with Crippen LogP contribution in [0.5, 0.6) is 5.75 Å². The van der Waals surface area contributed by atoms with Crippen LogP contribution in [-0.4, -0.2) is 22.7 Å². The van der Waals surface area contributed by atoms with Crippen molar-refractivity contribution in [3.63, 3.8) is 0 Å². The molecule has 0 saturated carbocycles. The van der Waals surface area contributed by atoms with Gasteiger partial charge in [0.05, 0.1) is 0 Å². The third-order valence-electron chi connectivity index (χ3n) is 2.23. The molecule has 1 rings (SSSR count). The van der Waals surface area contributed by atoms with E-state index < -0.39 is 40.7 Å². The number of imide groups is 1. The number of aromatic hydroxyl groups is 1. The first-order valence-electron chi connectivity index (χ1n) is 5.86. The van der Waals surface area contributed by atoms with E-state index in [1.807, 2.05) is 0 Å². The van der Waals surface area contributed by atoms with Crippen LogP contribution in [0.1, 0.15) is 27.7 Å². The third kappa shape index (κ3) is 3.90. The largest absolute Gasteiger partial charge is 0.505 e. The van der Waals surface area contributed by atoms with Crippen LogP contribution >= 0.6 is 15.9 Å². The number of rotatable bonds is 1. The predicted molar refractivity (Wildman–Crippen MR) is 75.1 cm³/mol. The lowest BCUT2D eigenvalue weighted by atomic mass is 10.2. The fourth-order valence-electron chi connectivity index (χ4n) is 1.46. The Morgan fingerprint density at radius 1 is 1.29 bits per heavy atom. The van der Waals surface area contributed by atoms with E-state index in [9.17, 15) is 23.5 Å². The number of phenols is 1. The first-order chi connectivity index (χ1) is 9.45. The Hall–Kier alpha value is -1.70. The van der Waals surface area contributed by atoms with Gasteiger partial charge in [0.15, 0.2) is 11.6 Å². The lowest BCUT2D eigenvalue weighted by Crippen LogP contribution is -2.40. The van der Waals surface area contributed by atoms with E-state index in [0.717, 1.165) is 13.0 Å². The molecule has 0 saturated heterocycles. The third-order valence-corrected chi connectivity index (χ3v) is 2.83. The molecule has 0 fully saturated rings. The SMILES string of the molecule is CC(=O)N(C(=O)OC(C)(C)C)c1c(Br)cc(O)c(F)c1F. The zero-order chi connectivity index (χ0) is 16.5. The van der Waals surface area contributed by atoms with Crippen LogP contribution in [0.4, 0.5) is 19.3 Å². The summed E-state index contributed by atoms with van der Waals surface area (Å²) in [6, 6.07) is 0.841. The molecule has 0 aromatic heterocycles. The van der Waals surface area contributed by atoms with Crippen molar-refractivity contribution in [3.05, 3.63) is 22.2 Å². The van der Waals surface area contributed by atoms with Crippen LogP contribution in [-0.2, 0) is 9.53 Å². The molecule has 1 aromatic rings. The molecule has 1 aromatic carbocycles. The molecule has 5 nitrogen and oxygen atoms in total. The molecule has 1 N–H and O–H groups in total. The van der Waals surface area contributed by atoms with Gasteiger partial charge in [0.25, 0.3) is 0 Å². The van der Waals surface area contributed by atoms with Gasteiger partial charge in [-0.1, -0.05) is 0 Å². The standard InChI is InChI=1S/C13H14BrF2NO4/c1-6(18)17(12(20)21-13(2,3)4)11-7(14)5-8(19)9(15)10(11)16/h5,19H,1-4H3. The normalized spacial score (nSPS) is 11.2. The number of carbonyl (C=O) groups is 2. The van der Waals surface area contributed by atoms with E-state index in [1.54, 1.807) is 20.8 Å². The van der Waals surface area contributed by atoms with Crippen molar-refractivity contribution in [3.8, 4) is 5.75 Å². The molecule has 0 aliphatic carbocycles. The number of halogens is 3. The summed E-state index contributed by atoms with van der Waals surface area (Å²) >= 11 is 2.88. The number of carbonyl (C=O) groups excluding carboxylic acids is 2. The number of nitrogens with zero attached hydrogens (tertiary/aromatic N) is 1. The molecule has 0 atom stereocenters. The lowest BCUT2D eigenvalue weighted by Gasteiger charge is -2.26. The van der Waals surface area contributed by atoms with E-state index in [-0.39, 0.29) is 4.47 Å². The fourth-order valence-corrected chi connectivity index (χ4v) is 2.03. The van der Waals surface area contributed by atoms with Gasteiger partial charge in [-0.05, 0) is 42.8 Å². The van der Waals surface area contributed by atoms with Crippen molar-refractivity contribution in [1.82, 2.24) is 0 Å². The maximum Gasteiger partial charge on any atom is 0.421 e. The average molecular weight is 366 g/mol. The highest BCUT2D eigenvalue weighted by Crippen LogP contribution is 2.36. The number of ether oxygens (including phenoxy) is 1. The van der Waals surface area contributed by atoms with E-state index in [0.29, 0.717) is 4.90 Å². The molecule has 0 aliphatic rings. The Bertz CT molecular complexity index is 599. The Balaban J connectivity index is 3.41. The van der Waals surface area contributed by atoms with Gasteiger partial charge in [0.1, 0.15) is 11.3 Å². The van der Waals surface area contributed by atoms with Crippen LogP contribution in [0, 0.1) is 11.6 Å². The minimum atomic E-state index is -1.57. The Morgan fingerprint density at radius 3 is 2.24 bits per heavy atom. The second-order valence-corrected chi connectivity index (χ2v) is 6.04. The van der Waals surface area contributed by atoms with Gasteiger partial charge in [-0.2, -0.15) is 4.39 Å². The zero-order valence-corrected chi connectivity index (χ0v) is 13.4. The lowest BCUT2D eigenvalue weighted by molar-refractivity contribution is -0.116. The molecule has 21 heavy (non-hydrogen) atoms. The first-order valence-corrected chi connectivity index (χ1v) is 6.65. The molecule has 0 aliphatic heterocycles. The molecule has 0 bridgehead atoms. The summed E-state index contributed by atoms with van der Waals surface area (Å²) in [4.78, 5) is 24.0. The molecule has 116 valence electrons. The number of amides is 2. The summed E-state index contributed by atoms with van der Waals surface area (Å²) in [5.41, 5.74) is -1.59. The highest BCUT2D eigenvalue weighted by atomic mass is 79.9. The van der Waals surface area contributed by atoms with Crippen LogP contribution in [0.2, 0.25) is 0 Å². The van der Waals surface area contributed by atoms with E-state index in [4.69, 9.17) is 4.74 Å². The Kier molecular flexibility index (Phi) is 4.93. The second-order valence-electron chi connectivity index (χ2n) is 5.19. The van der Waals surface area contributed by atoms with E-state index in [2.05, 4.69) is 15.9 Å². The maximum atomic E-state index is 14.0. The molecule has 0 heterocycles. The molecule has 0 radical (unpaired) electrons. The number of hydrogen-bond acceptors (Lipinski definition) is 4. The van der Waals surface area contributed by atoms with Gasteiger partial charge >= 0.3 is 6.09 Å². The van der Waals surface area contributed by atoms with Crippen LogP contribution in [0.25, 0.3) is 0 Å². The number of hydrogen-bond donors (Lipinski definition) is 1. The molecule has 2 amide bonds. The number of benzene rings is 1.